The first kappa shape index (κ1) is 11.3. The zero-order valence-electron chi connectivity index (χ0n) is 10.2. The molecule has 2 N–H and O–H groups in total. The summed E-state index contributed by atoms with van der Waals surface area (Å²) < 4.78 is 0. The van der Waals surface area contributed by atoms with Crippen LogP contribution in [-0.2, 0) is 0 Å². The number of pyridine rings is 1. The van der Waals surface area contributed by atoms with E-state index in [1.807, 2.05) is 13.0 Å². The number of hydrogen-bond donors (Lipinski definition) is 2. The third kappa shape index (κ3) is 2.28. The minimum absolute atomic E-state index is 0.221. The van der Waals surface area contributed by atoms with Crippen LogP contribution in [0.2, 0.25) is 0 Å². The number of aromatic nitrogens is 4. The van der Waals surface area contributed by atoms with Crippen molar-refractivity contribution in [3.63, 3.8) is 0 Å². The second-order valence-corrected chi connectivity index (χ2v) is 4.20. The molecular weight excluding hydrogens is 242 g/mol. The van der Waals surface area contributed by atoms with Gasteiger partial charge in [0.05, 0.1) is 0 Å². The number of rotatable bonds is 2. The molecule has 19 heavy (non-hydrogen) atoms. The number of carbonyl (C=O) groups excluding carboxylic acids is 1. The smallest absolute Gasteiger partial charge is 0.256 e. The predicted molar refractivity (Wildman–Crippen MR) is 70.8 cm³/mol. The van der Waals surface area contributed by atoms with E-state index in [1.54, 1.807) is 30.5 Å². The summed E-state index contributed by atoms with van der Waals surface area (Å²) in [6, 6.07) is 8.79. The number of fused-ring (bicyclic) bond motifs is 1. The maximum atomic E-state index is 12.1. The predicted octanol–water partition coefficient (Wildman–Crippen LogP) is 1.91. The lowest BCUT2D eigenvalue weighted by molar-refractivity contribution is 0.102. The largest absolute Gasteiger partial charge is 0.307 e. The number of benzene rings is 1. The topological polar surface area (TPSA) is 83.6 Å². The molecule has 0 unspecified atom stereocenters. The molecule has 0 atom stereocenters. The molecule has 94 valence electrons. The van der Waals surface area contributed by atoms with E-state index in [0.717, 1.165) is 11.1 Å². The van der Waals surface area contributed by atoms with Gasteiger partial charge in [-0.15, -0.1) is 0 Å². The SMILES string of the molecule is Cc1ccc(NC(=O)c2ccc3n[nH]nc3c2)nc1. The molecule has 3 rings (SSSR count). The molecule has 1 aromatic carbocycles. The van der Waals surface area contributed by atoms with Gasteiger partial charge >= 0.3 is 0 Å². The summed E-state index contributed by atoms with van der Waals surface area (Å²) in [5, 5.41) is 13.1. The van der Waals surface area contributed by atoms with Gasteiger partial charge in [-0.1, -0.05) is 6.07 Å². The molecule has 6 heteroatoms. The first-order valence-corrected chi connectivity index (χ1v) is 5.77. The summed E-state index contributed by atoms with van der Waals surface area (Å²) >= 11 is 0. The standard InChI is InChI=1S/C13H11N5O/c1-8-2-5-12(14-7-8)15-13(19)9-3-4-10-11(6-9)17-18-16-10/h2-7H,1H3,(H,14,15,19)(H,16,17,18). The normalized spacial score (nSPS) is 10.6. The fourth-order valence-electron chi connectivity index (χ4n) is 1.71. The lowest BCUT2D eigenvalue weighted by atomic mass is 10.2. The number of aromatic amines is 1. The number of nitrogens with zero attached hydrogens (tertiary/aromatic N) is 3. The van der Waals surface area contributed by atoms with Crippen molar-refractivity contribution < 1.29 is 4.79 Å². The number of amides is 1. The van der Waals surface area contributed by atoms with Crippen molar-refractivity contribution in [2.24, 2.45) is 0 Å². The number of nitrogens with one attached hydrogen (secondary N) is 2. The van der Waals surface area contributed by atoms with Gasteiger partial charge in [0.15, 0.2) is 0 Å². The lowest BCUT2D eigenvalue weighted by Crippen LogP contribution is -2.12. The van der Waals surface area contributed by atoms with Crippen molar-refractivity contribution in [1.29, 1.82) is 0 Å². The Hall–Kier alpha value is -2.76. The molecule has 0 saturated carbocycles. The second kappa shape index (κ2) is 4.49. The Morgan fingerprint density at radius 2 is 2.00 bits per heavy atom. The van der Waals surface area contributed by atoms with Gasteiger partial charge in [0.1, 0.15) is 16.9 Å². The third-order valence-corrected chi connectivity index (χ3v) is 2.73. The molecule has 2 aromatic heterocycles. The van der Waals surface area contributed by atoms with Crippen LogP contribution in [0.25, 0.3) is 11.0 Å². The van der Waals surface area contributed by atoms with E-state index in [2.05, 4.69) is 25.7 Å². The van der Waals surface area contributed by atoms with Crippen molar-refractivity contribution in [2.75, 3.05) is 5.32 Å². The minimum atomic E-state index is -0.221. The van der Waals surface area contributed by atoms with E-state index in [9.17, 15) is 4.79 Å². The van der Waals surface area contributed by atoms with Crippen LogP contribution in [-0.4, -0.2) is 26.3 Å². The fourth-order valence-corrected chi connectivity index (χ4v) is 1.71. The van der Waals surface area contributed by atoms with Gasteiger partial charge in [0.2, 0.25) is 0 Å². The molecule has 0 radical (unpaired) electrons. The second-order valence-electron chi connectivity index (χ2n) is 4.20. The maximum Gasteiger partial charge on any atom is 0.256 e. The Morgan fingerprint density at radius 1 is 1.16 bits per heavy atom. The Labute approximate surface area is 108 Å². The molecule has 0 saturated heterocycles. The van der Waals surface area contributed by atoms with Crippen LogP contribution in [0.15, 0.2) is 36.5 Å². The van der Waals surface area contributed by atoms with Gasteiger partial charge in [-0.2, -0.15) is 15.4 Å². The van der Waals surface area contributed by atoms with E-state index < -0.39 is 0 Å². The number of H-pyrrole nitrogens is 1. The van der Waals surface area contributed by atoms with Gasteiger partial charge < -0.3 is 5.32 Å². The van der Waals surface area contributed by atoms with Crippen molar-refractivity contribution in [3.8, 4) is 0 Å². The quantitative estimate of drug-likeness (QED) is 0.730. The first-order valence-electron chi connectivity index (χ1n) is 5.77. The number of anilines is 1. The highest BCUT2D eigenvalue weighted by molar-refractivity contribution is 6.05. The summed E-state index contributed by atoms with van der Waals surface area (Å²) in [7, 11) is 0. The van der Waals surface area contributed by atoms with E-state index in [-0.39, 0.29) is 5.91 Å². The molecule has 0 aliphatic heterocycles. The highest BCUT2D eigenvalue weighted by Gasteiger charge is 2.08. The van der Waals surface area contributed by atoms with Crippen molar-refractivity contribution in [2.45, 2.75) is 6.92 Å². The van der Waals surface area contributed by atoms with E-state index >= 15 is 0 Å². The molecule has 0 aliphatic rings. The van der Waals surface area contributed by atoms with Crippen LogP contribution in [0.1, 0.15) is 15.9 Å². The Balaban J connectivity index is 1.84. The van der Waals surface area contributed by atoms with Gasteiger partial charge in [0, 0.05) is 11.8 Å². The van der Waals surface area contributed by atoms with E-state index in [0.29, 0.717) is 16.9 Å². The Morgan fingerprint density at radius 3 is 2.79 bits per heavy atom. The molecule has 0 spiro atoms. The molecule has 0 aliphatic carbocycles. The Bertz CT molecular complexity index is 732. The molecule has 1 amide bonds. The molecule has 0 fully saturated rings. The van der Waals surface area contributed by atoms with Gasteiger partial charge in [0.25, 0.3) is 5.91 Å². The van der Waals surface area contributed by atoms with Crippen LogP contribution < -0.4 is 5.32 Å². The average molecular weight is 253 g/mol. The highest BCUT2D eigenvalue weighted by atomic mass is 16.1. The van der Waals surface area contributed by atoms with Crippen LogP contribution in [0.3, 0.4) is 0 Å². The summed E-state index contributed by atoms with van der Waals surface area (Å²) in [5.41, 5.74) is 2.94. The summed E-state index contributed by atoms with van der Waals surface area (Å²) in [5.74, 6) is 0.303. The zero-order valence-corrected chi connectivity index (χ0v) is 10.2. The van der Waals surface area contributed by atoms with Gasteiger partial charge in [-0.25, -0.2) is 4.98 Å². The monoisotopic (exact) mass is 253 g/mol. The van der Waals surface area contributed by atoms with Gasteiger partial charge in [-0.3, -0.25) is 4.79 Å². The summed E-state index contributed by atoms with van der Waals surface area (Å²) in [4.78, 5) is 16.2. The van der Waals surface area contributed by atoms with Crippen molar-refractivity contribution in [3.05, 3.63) is 47.7 Å². The molecule has 6 nitrogen and oxygen atoms in total. The summed E-state index contributed by atoms with van der Waals surface area (Å²) in [6.45, 7) is 1.94. The number of hydrogen-bond acceptors (Lipinski definition) is 4. The molecular formula is C13H11N5O. The minimum Gasteiger partial charge on any atom is -0.307 e. The first-order chi connectivity index (χ1) is 9.22. The zero-order chi connectivity index (χ0) is 13.2. The fraction of sp³-hybridized carbons (Fsp3) is 0.0769. The molecule has 3 aromatic rings. The van der Waals surface area contributed by atoms with E-state index in [1.165, 1.54) is 0 Å². The van der Waals surface area contributed by atoms with Crippen molar-refractivity contribution in [1.82, 2.24) is 20.4 Å². The lowest BCUT2D eigenvalue weighted by Gasteiger charge is -2.04. The third-order valence-electron chi connectivity index (χ3n) is 2.73. The Kier molecular flexibility index (Phi) is 2.68. The van der Waals surface area contributed by atoms with Crippen molar-refractivity contribution >= 4 is 22.8 Å². The van der Waals surface area contributed by atoms with Crippen LogP contribution in [0, 0.1) is 6.92 Å². The van der Waals surface area contributed by atoms with E-state index in [4.69, 9.17) is 0 Å². The van der Waals surface area contributed by atoms with Crippen LogP contribution in [0.4, 0.5) is 5.82 Å². The number of carbonyl (C=O) groups is 1. The molecule has 2 heterocycles. The summed E-state index contributed by atoms with van der Waals surface area (Å²) in [6.07, 6.45) is 1.70. The number of aryl methyl sites for hydroxylation is 1. The van der Waals surface area contributed by atoms with Crippen LogP contribution in [0.5, 0.6) is 0 Å². The maximum absolute atomic E-state index is 12.1. The van der Waals surface area contributed by atoms with Crippen LogP contribution >= 0.6 is 0 Å². The average Bonchev–Trinajstić information content (AvgIpc) is 2.88. The molecule has 0 bridgehead atoms. The highest BCUT2D eigenvalue weighted by Crippen LogP contribution is 2.12. The van der Waals surface area contributed by atoms with Gasteiger partial charge in [-0.05, 0) is 36.8 Å².